The Labute approximate surface area is 242 Å². The summed E-state index contributed by atoms with van der Waals surface area (Å²) in [6.45, 7) is 34.0. The molecule has 0 aromatic rings. The van der Waals surface area contributed by atoms with E-state index < -0.39 is 0 Å². The van der Waals surface area contributed by atoms with Gasteiger partial charge in [-0.2, -0.15) is 0 Å². The van der Waals surface area contributed by atoms with Crippen molar-refractivity contribution in [1.82, 2.24) is 4.90 Å². The molecule has 0 atom stereocenters. The summed E-state index contributed by atoms with van der Waals surface area (Å²) in [5.74, 6) is 0. The van der Waals surface area contributed by atoms with E-state index in [1.807, 2.05) is 0 Å². The summed E-state index contributed by atoms with van der Waals surface area (Å²) < 4.78 is 34.7. The molecule has 7 nitrogen and oxygen atoms in total. The molecule has 0 unspecified atom stereocenters. The third kappa shape index (κ3) is 27.7. The quantitative estimate of drug-likeness (QED) is 0.123. The van der Waals surface area contributed by atoms with Crippen LogP contribution in [0.15, 0.2) is 0 Å². The van der Waals surface area contributed by atoms with Crippen molar-refractivity contribution in [2.24, 2.45) is 10.8 Å². The first-order chi connectivity index (χ1) is 18.0. The summed E-state index contributed by atoms with van der Waals surface area (Å²) in [5.41, 5.74) is 0.298. The van der Waals surface area contributed by atoms with Gasteiger partial charge in [0.15, 0.2) is 0 Å². The van der Waals surface area contributed by atoms with Gasteiger partial charge in [0.05, 0.1) is 45.2 Å². The second-order valence-electron chi connectivity index (χ2n) is 14.7. The van der Waals surface area contributed by atoms with Gasteiger partial charge in [-0.25, -0.2) is 0 Å². The SMILES string of the molecule is CC(C)(C)COCCCOCCCOC(C)(C)CN(CCCCOCCOCCOCC(C)(C)C)C(C)(C)C. The lowest BCUT2D eigenvalue weighted by molar-refractivity contribution is -0.0625. The number of ether oxygens (including phenoxy) is 6. The van der Waals surface area contributed by atoms with Crippen LogP contribution in [0.25, 0.3) is 0 Å². The Hall–Kier alpha value is -0.280. The van der Waals surface area contributed by atoms with Crippen LogP contribution in [0.2, 0.25) is 0 Å². The summed E-state index contributed by atoms with van der Waals surface area (Å²) in [7, 11) is 0. The zero-order valence-electron chi connectivity index (χ0n) is 27.9. The Bertz CT molecular complexity index is 562. The molecule has 0 saturated carbocycles. The minimum Gasteiger partial charge on any atom is -0.381 e. The molecule has 0 aliphatic rings. The predicted octanol–water partition coefficient (Wildman–Crippen LogP) is 6.62. The molecule has 0 radical (unpaired) electrons. The van der Waals surface area contributed by atoms with Crippen LogP contribution in [0.3, 0.4) is 0 Å². The van der Waals surface area contributed by atoms with Crippen LogP contribution in [0.5, 0.6) is 0 Å². The summed E-state index contributed by atoms with van der Waals surface area (Å²) in [6, 6.07) is 0. The fraction of sp³-hybridized carbons (Fsp3) is 1.00. The zero-order chi connectivity index (χ0) is 29.8. The van der Waals surface area contributed by atoms with E-state index in [4.69, 9.17) is 28.4 Å². The minimum absolute atomic E-state index is 0.0859. The maximum atomic E-state index is 6.27. The van der Waals surface area contributed by atoms with Gasteiger partial charge in [0.25, 0.3) is 0 Å². The first kappa shape index (κ1) is 38.7. The molecule has 0 fully saturated rings. The van der Waals surface area contributed by atoms with E-state index in [2.05, 4.69) is 81.1 Å². The van der Waals surface area contributed by atoms with Gasteiger partial charge in [-0.1, -0.05) is 41.5 Å². The van der Waals surface area contributed by atoms with Crippen molar-refractivity contribution in [3.05, 3.63) is 0 Å². The van der Waals surface area contributed by atoms with Gasteiger partial charge in [0.1, 0.15) is 0 Å². The van der Waals surface area contributed by atoms with E-state index in [-0.39, 0.29) is 22.0 Å². The molecule has 0 aromatic carbocycles. The Morgan fingerprint density at radius 1 is 0.436 bits per heavy atom. The summed E-state index contributed by atoms with van der Waals surface area (Å²) in [6.07, 6.45) is 3.99. The number of hydrogen-bond donors (Lipinski definition) is 0. The van der Waals surface area contributed by atoms with Gasteiger partial charge < -0.3 is 28.4 Å². The first-order valence-electron chi connectivity index (χ1n) is 15.3. The van der Waals surface area contributed by atoms with Gasteiger partial charge in [-0.3, -0.25) is 4.90 Å². The summed E-state index contributed by atoms with van der Waals surface area (Å²) >= 11 is 0. The number of unbranched alkanes of at least 4 members (excludes halogenated alkanes) is 1. The summed E-state index contributed by atoms with van der Waals surface area (Å²) in [5, 5.41) is 0. The van der Waals surface area contributed by atoms with E-state index in [9.17, 15) is 0 Å². The molecule has 236 valence electrons. The highest BCUT2D eigenvalue weighted by molar-refractivity contribution is 4.83. The predicted molar refractivity (Wildman–Crippen MR) is 163 cm³/mol. The molecule has 39 heavy (non-hydrogen) atoms. The molecule has 0 rings (SSSR count). The van der Waals surface area contributed by atoms with Crippen molar-refractivity contribution in [3.8, 4) is 0 Å². The van der Waals surface area contributed by atoms with E-state index in [1.165, 1.54) is 0 Å². The molecule has 0 saturated heterocycles. The van der Waals surface area contributed by atoms with Crippen LogP contribution in [-0.4, -0.2) is 102 Å². The molecular formula is C32H67NO6. The third-order valence-electron chi connectivity index (χ3n) is 5.80. The van der Waals surface area contributed by atoms with Crippen LogP contribution >= 0.6 is 0 Å². The van der Waals surface area contributed by atoms with Gasteiger partial charge in [-0.15, -0.1) is 0 Å². The molecule has 0 aliphatic heterocycles. The van der Waals surface area contributed by atoms with Gasteiger partial charge in [0, 0.05) is 45.1 Å². The third-order valence-corrected chi connectivity index (χ3v) is 5.80. The minimum atomic E-state index is -0.210. The van der Waals surface area contributed by atoms with Crippen molar-refractivity contribution in [1.29, 1.82) is 0 Å². The standard InChI is InChI=1S/C32H67NO6/c1-29(2,3)27-37-20-14-18-34-19-15-21-39-32(10,11)26-33(31(7,8)9)16-12-13-17-35-22-23-36-24-25-38-28-30(4,5)6/h12-28H2,1-11H3. The monoisotopic (exact) mass is 561 g/mol. The van der Waals surface area contributed by atoms with E-state index in [0.29, 0.717) is 33.0 Å². The molecular weight excluding hydrogens is 494 g/mol. The first-order valence-corrected chi connectivity index (χ1v) is 15.3. The molecule has 0 aliphatic carbocycles. The van der Waals surface area contributed by atoms with Crippen molar-refractivity contribution in [2.75, 3.05) is 85.8 Å². The van der Waals surface area contributed by atoms with Crippen LogP contribution in [0.1, 0.15) is 102 Å². The molecule has 0 amide bonds. The Morgan fingerprint density at radius 2 is 0.846 bits per heavy atom. The van der Waals surface area contributed by atoms with E-state index >= 15 is 0 Å². The Morgan fingerprint density at radius 3 is 1.38 bits per heavy atom. The van der Waals surface area contributed by atoms with Crippen LogP contribution in [0, 0.1) is 10.8 Å². The van der Waals surface area contributed by atoms with Crippen molar-refractivity contribution in [3.63, 3.8) is 0 Å². The van der Waals surface area contributed by atoms with Crippen LogP contribution < -0.4 is 0 Å². The second kappa shape index (κ2) is 20.6. The lowest BCUT2D eigenvalue weighted by Crippen LogP contribution is -2.50. The van der Waals surface area contributed by atoms with Gasteiger partial charge >= 0.3 is 0 Å². The highest BCUT2D eigenvalue weighted by Gasteiger charge is 2.28. The fourth-order valence-corrected chi connectivity index (χ4v) is 3.73. The zero-order valence-corrected chi connectivity index (χ0v) is 27.9. The van der Waals surface area contributed by atoms with Crippen LogP contribution in [-0.2, 0) is 28.4 Å². The van der Waals surface area contributed by atoms with Gasteiger partial charge in [-0.05, 0) is 77.7 Å². The normalized spacial score (nSPS) is 13.5. The Kier molecular flexibility index (Phi) is 20.4. The topological polar surface area (TPSA) is 58.6 Å². The smallest absolute Gasteiger partial charge is 0.0753 e. The molecule has 0 heterocycles. The Balaban J connectivity index is 3.91. The lowest BCUT2D eigenvalue weighted by atomic mass is 9.99. The highest BCUT2D eigenvalue weighted by Crippen LogP contribution is 2.21. The fourth-order valence-electron chi connectivity index (χ4n) is 3.73. The number of rotatable bonds is 24. The van der Waals surface area contributed by atoms with Crippen molar-refractivity contribution >= 4 is 0 Å². The van der Waals surface area contributed by atoms with Crippen molar-refractivity contribution < 1.29 is 28.4 Å². The van der Waals surface area contributed by atoms with Crippen LogP contribution in [0.4, 0.5) is 0 Å². The second-order valence-corrected chi connectivity index (χ2v) is 14.7. The number of nitrogens with zero attached hydrogens (tertiary/aromatic N) is 1. The largest absolute Gasteiger partial charge is 0.381 e. The lowest BCUT2D eigenvalue weighted by Gasteiger charge is -2.41. The van der Waals surface area contributed by atoms with Crippen molar-refractivity contribution in [2.45, 2.75) is 113 Å². The molecule has 0 spiro atoms. The maximum Gasteiger partial charge on any atom is 0.0753 e. The van der Waals surface area contributed by atoms with Gasteiger partial charge in [0.2, 0.25) is 0 Å². The molecule has 0 bridgehead atoms. The van der Waals surface area contributed by atoms with E-state index in [0.717, 1.165) is 78.4 Å². The molecule has 0 N–H and O–H groups in total. The average Bonchev–Trinajstić information content (AvgIpc) is 2.78. The highest BCUT2D eigenvalue weighted by atomic mass is 16.5. The number of hydrogen-bond acceptors (Lipinski definition) is 7. The molecule has 0 aromatic heterocycles. The maximum absolute atomic E-state index is 6.27. The summed E-state index contributed by atoms with van der Waals surface area (Å²) in [4.78, 5) is 2.53. The van der Waals surface area contributed by atoms with E-state index in [1.54, 1.807) is 0 Å². The molecule has 7 heteroatoms. The average molecular weight is 562 g/mol.